The van der Waals surface area contributed by atoms with E-state index in [4.69, 9.17) is 9.88 Å². The number of aromatic nitrogens is 2. The third-order valence-electron chi connectivity index (χ3n) is 3.85. The largest absolute Gasteiger partial charge is 0.497 e. The minimum atomic E-state index is -4.83. The van der Waals surface area contributed by atoms with Crippen LogP contribution < -0.4 is 9.88 Å². The number of nitrogens with two attached hydrogens (primary N) is 1. The quantitative estimate of drug-likeness (QED) is 0.662. The normalized spacial score (nSPS) is 12.2. The molecule has 0 atom stereocenters. The number of primary sulfonamides is 1. The molecule has 0 saturated carbocycles. The second-order valence-corrected chi connectivity index (χ2v) is 7.21. The standard InChI is InChI=1S/C17H13F4N3O3S/c1-27-10-6-7-11(12(18)8-10)14-9-16(17(19,20)21)23-24(14)13-4-2-3-5-15(13)28(22,25)26/h2-9H,1H3,(H2,22,25,26). The molecule has 0 saturated heterocycles. The maximum Gasteiger partial charge on any atom is 0.435 e. The van der Waals surface area contributed by atoms with Gasteiger partial charge in [0.2, 0.25) is 10.0 Å². The van der Waals surface area contributed by atoms with Gasteiger partial charge >= 0.3 is 6.18 Å². The summed E-state index contributed by atoms with van der Waals surface area (Å²) in [6, 6.07) is 9.27. The lowest BCUT2D eigenvalue weighted by Crippen LogP contribution is -2.16. The van der Waals surface area contributed by atoms with Crippen molar-refractivity contribution < 1.29 is 30.7 Å². The number of halogens is 4. The molecular weight excluding hydrogens is 402 g/mol. The zero-order valence-corrected chi connectivity index (χ0v) is 15.1. The monoisotopic (exact) mass is 415 g/mol. The average molecular weight is 415 g/mol. The SMILES string of the molecule is COc1ccc(-c2cc(C(F)(F)F)nn2-c2ccccc2S(N)(=O)=O)c(F)c1. The molecule has 0 fully saturated rings. The molecule has 0 aliphatic heterocycles. The third kappa shape index (κ3) is 3.71. The fourth-order valence-corrected chi connectivity index (χ4v) is 3.31. The molecule has 0 spiro atoms. The van der Waals surface area contributed by atoms with E-state index in [1.54, 1.807) is 0 Å². The Morgan fingerprint density at radius 3 is 2.36 bits per heavy atom. The summed E-state index contributed by atoms with van der Waals surface area (Å²) in [7, 11) is -2.98. The fraction of sp³-hybridized carbons (Fsp3) is 0.118. The summed E-state index contributed by atoms with van der Waals surface area (Å²) in [4.78, 5) is -0.456. The molecule has 0 unspecified atom stereocenters. The number of ether oxygens (including phenoxy) is 1. The molecule has 0 bridgehead atoms. The smallest absolute Gasteiger partial charge is 0.435 e. The molecule has 2 N–H and O–H groups in total. The zero-order valence-electron chi connectivity index (χ0n) is 14.2. The molecule has 3 aromatic rings. The van der Waals surface area contributed by atoms with Crippen LogP contribution in [0.1, 0.15) is 5.69 Å². The first-order valence-electron chi connectivity index (χ1n) is 7.66. The second kappa shape index (κ2) is 6.91. The van der Waals surface area contributed by atoms with Gasteiger partial charge in [0.1, 0.15) is 16.5 Å². The highest BCUT2D eigenvalue weighted by molar-refractivity contribution is 7.89. The van der Waals surface area contributed by atoms with Crippen molar-refractivity contribution in [3.8, 4) is 22.7 Å². The molecule has 2 aromatic carbocycles. The van der Waals surface area contributed by atoms with Crippen LogP contribution in [0.25, 0.3) is 16.9 Å². The molecule has 6 nitrogen and oxygen atoms in total. The second-order valence-electron chi connectivity index (χ2n) is 5.68. The van der Waals surface area contributed by atoms with Crippen LogP contribution in [0, 0.1) is 5.82 Å². The number of methoxy groups -OCH3 is 1. The number of para-hydroxylation sites is 1. The molecule has 0 radical (unpaired) electrons. The Balaban J connectivity index is 2.33. The van der Waals surface area contributed by atoms with Gasteiger partial charge in [0, 0.05) is 11.6 Å². The van der Waals surface area contributed by atoms with Crippen LogP contribution in [0.3, 0.4) is 0 Å². The van der Waals surface area contributed by atoms with E-state index in [1.807, 2.05) is 0 Å². The van der Waals surface area contributed by atoms with Crippen molar-refractivity contribution in [2.24, 2.45) is 5.14 Å². The molecule has 0 aliphatic rings. The van der Waals surface area contributed by atoms with Crippen LogP contribution in [-0.2, 0) is 16.2 Å². The van der Waals surface area contributed by atoms with Gasteiger partial charge in [-0.05, 0) is 30.3 Å². The zero-order chi connectivity index (χ0) is 20.7. The third-order valence-corrected chi connectivity index (χ3v) is 4.81. The lowest BCUT2D eigenvalue weighted by molar-refractivity contribution is -0.141. The summed E-state index contributed by atoms with van der Waals surface area (Å²) in [5.41, 5.74) is -2.09. The van der Waals surface area contributed by atoms with Crippen molar-refractivity contribution >= 4 is 10.0 Å². The van der Waals surface area contributed by atoms with Crippen molar-refractivity contribution in [3.63, 3.8) is 0 Å². The summed E-state index contributed by atoms with van der Waals surface area (Å²) in [6.07, 6.45) is -4.83. The van der Waals surface area contributed by atoms with E-state index in [0.29, 0.717) is 10.7 Å². The van der Waals surface area contributed by atoms with Gasteiger partial charge in [-0.15, -0.1) is 0 Å². The first kappa shape index (κ1) is 19.8. The predicted octanol–water partition coefficient (Wildman–Crippen LogP) is 3.35. The van der Waals surface area contributed by atoms with Crippen molar-refractivity contribution in [2.45, 2.75) is 11.1 Å². The topological polar surface area (TPSA) is 87.2 Å². The van der Waals surface area contributed by atoms with Crippen LogP contribution >= 0.6 is 0 Å². The van der Waals surface area contributed by atoms with Gasteiger partial charge in [-0.1, -0.05) is 12.1 Å². The van der Waals surface area contributed by atoms with Crippen molar-refractivity contribution in [2.75, 3.05) is 7.11 Å². The highest BCUT2D eigenvalue weighted by Crippen LogP contribution is 2.35. The van der Waals surface area contributed by atoms with Gasteiger partial charge in [0.05, 0.1) is 18.5 Å². The number of hydrogen-bond donors (Lipinski definition) is 1. The van der Waals surface area contributed by atoms with Gasteiger partial charge < -0.3 is 4.74 Å². The molecule has 1 aromatic heterocycles. The fourth-order valence-electron chi connectivity index (χ4n) is 2.60. The molecule has 28 heavy (non-hydrogen) atoms. The highest BCUT2D eigenvalue weighted by Gasteiger charge is 2.36. The Hall–Kier alpha value is -2.92. The lowest BCUT2D eigenvalue weighted by atomic mass is 10.1. The van der Waals surface area contributed by atoms with E-state index < -0.39 is 32.6 Å². The number of benzene rings is 2. The Morgan fingerprint density at radius 2 is 1.79 bits per heavy atom. The van der Waals surface area contributed by atoms with Gasteiger partial charge in [0.25, 0.3) is 0 Å². The maximum atomic E-state index is 14.5. The summed E-state index contributed by atoms with van der Waals surface area (Å²) in [5.74, 6) is -0.712. The molecule has 0 aliphatic carbocycles. The molecular formula is C17H13F4N3O3S. The number of hydrogen-bond acceptors (Lipinski definition) is 4. The lowest BCUT2D eigenvalue weighted by Gasteiger charge is -2.12. The molecule has 1 heterocycles. The molecule has 11 heteroatoms. The van der Waals surface area contributed by atoms with Gasteiger partial charge in [0.15, 0.2) is 5.69 Å². The maximum absolute atomic E-state index is 14.5. The Kier molecular flexibility index (Phi) is 4.90. The predicted molar refractivity (Wildman–Crippen MR) is 91.9 cm³/mol. The van der Waals surface area contributed by atoms with E-state index >= 15 is 0 Å². The van der Waals surface area contributed by atoms with Crippen LogP contribution in [0.2, 0.25) is 0 Å². The van der Waals surface area contributed by atoms with E-state index in [2.05, 4.69) is 5.10 Å². The number of rotatable bonds is 4. The Labute approximate surface area is 157 Å². The van der Waals surface area contributed by atoms with Crippen LogP contribution in [0.5, 0.6) is 5.75 Å². The first-order chi connectivity index (χ1) is 13.0. The molecule has 148 valence electrons. The van der Waals surface area contributed by atoms with Crippen molar-refractivity contribution in [1.29, 1.82) is 0 Å². The summed E-state index contributed by atoms with van der Waals surface area (Å²) < 4.78 is 83.5. The summed E-state index contributed by atoms with van der Waals surface area (Å²) in [5, 5.41) is 8.62. The van der Waals surface area contributed by atoms with Gasteiger partial charge in [-0.25, -0.2) is 22.6 Å². The van der Waals surface area contributed by atoms with Gasteiger partial charge in [-0.2, -0.15) is 18.3 Å². The summed E-state index contributed by atoms with van der Waals surface area (Å²) >= 11 is 0. The van der Waals surface area contributed by atoms with E-state index in [0.717, 1.165) is 12.1 Å². The van der Waals surface area contributed by atoms with Crippen molar-refractivity contribution in [3.05, 3.63) is 60.0 Å². The van der Waals surface area contributed by atoms with E-state index in [9.17, 15) is 26.0 Å². The Morgan fingerprint density at radius 1 is 1.11 bits per heavy atom. The average Bonchev–Trinajstić information content (AvgIpc) is 3.06. The number of nitrogens with zero attached hydrogens (tertiary/aromatic N) is 2. The van der Waals surface area contributed by atoms with Crippen LogP contribution in [-0.4, -0.2) is 25.3 Å². The van der Waals surface area contributed by atoms with Crippen molar-refractivity contribution in [1.82, 2.24) is 9.78 Å². The minimum absolute atomic E-state index is 0.160. The minimum Gasteiger partial charge on any atom is -0.497 e. The Bertz CT molecular complexity index is 1140. The number of alkyl halides is 3. The number of sulfonamides is 1. The molecule has 3 rings (SSSR count). The van der Waals surface area contributed by atoms with Gasteiger partial charge in [-0.3, -0.25) is 0 Å². The van der Waals surface area contributed by atoms with E-state index in [-0.39, 0.29) is 22.7 Å². The van der Waals surface area contributed by atoms with E-state index in [1.165, 1.54) is 37.4 Å². The molecule has 0 amide bonds. The first-order valence-corrected chi connectivity index (χ1v) is 9.20. The summed E-state index contributed by atoms with van der Waals surface area (Å²) in [6.45, 7) is 0. The van der Waals surface area contributed by atoms with Crippen LogP contribution in [0.4, 0.5) is 17.6 Å². The van der Waals surface area contributed by atoms with Crippen LogP contribution in [0.15, 0.2) is 53.4 Å². The highest BCUT2D eigenvalue weighted by atomic mass is 32.2.